The lowest BCUT2D eigenvalue weighted by atomic mass is 10.1. The van der Waals surface area contributed by atoms with Gasteiger partial charge in [-0.15, -0.1) is 0 Å². The SMILES string of the molecule is O=C(O)c1ccc(CS(=O)c2ccc(F)cc2F)cc1F. The van der Waals surface area contributed by atoms with Gasteiger partial charge in [0, 0.05) is 6.07 Å². The van der Waals surface area contributed by atoms with Crippen molar-refractivity contribution in [2.45, 2.75) is 10.6 Å². The van der Waals surface area contributed by atoms with Crippen molar-refractivity contribution in [3.8, 4) is 0 Å². The molecule has 2 rings (SSSR count). The number of carboxylic acids is 1. The molecule has 21 heavy (non-hydrogen) atoms. The fraction of sp³-hybridized carbons (Fsp3) is 0.0714. The van der Waals surface area contributed by atoms with Gasteiger partial charge < -0.3 is 5.11 Å². The van der Waals surface area contributed by atoms with E-state index in [1.54, 1.807) is 0 Å². The molecule has 0 aromatic heterocycles. The average Bonchev–Trinajstić information content (AvgIpc) is 2.37. The van der Waals surface area contributed by atoms with Crippen LogP contribution in [0.15, 0.2) is 41.3 Å². The normalized spacial score (nSPS) is 12.1. The predicted octanol–water partition coefficient (Wildman–Crippen LogP) is 3.11. The molecule has 2 aromatic rings. The summed E-state index contributed by atoms with van der Waals surface area (Å²) in [6, 6.07) is 5.92. The first-order chi connectivity index (χ1) is 9.88. The van der Waals surface area contributed by atoms with Crippen molar-refractivity contribution in [2.24, 2.45) is 0 Å². The van der Waals surface area contributed by atoms with Crippen LogP contribution in [0.2, 0.25) is 0 Å². The monoisotopic (exact) mass is 314 g/mol. The Bertz CT molecular complexity index is 731. The molecule has 110 valence electrons. The molecule has 1 unspecified atom stereocenters. The second-order valence-corrected chi connectivity index (χ2v) is 5.60. The van der Waals surface area contributed by atoms with E-state index in [-0.39, 0.29) is 16.2 Å². The maximum absolute atomic E-state index is 13.5. The number of hydrogen-bond acceptors (Lipinski definition) is 2. The van der Waals surface area contributed by atoms with Gasteiger partial charge in [0.15, 0.2) is 0 Å². The third-order valence-corrected chi connectivity index (χ3v) is 4.12. The standard InChI is InChI=1S/C14H9F3O3S/c15-9-2-4-13(12(17)6-9)21(20)7-8-1-3-10(14(18)19)11(16)5-8/h1-6H,7H2,(H,18,19). The lowest BCUT2D eigenvalue weighted by molar-refractivity contribution is 0.0692. The molecule has 0 spiro atoms. The van der Waals surface area contributed by atoms with Crippen LogP contribution in [0.1, 0.15) is 15.9 Å². The lowest BCUT2D eigenvalue weighted by Gasteiger charge is -2.05. The first kappa shape index (κ1) is 15.2. The van der Waals surface area contributed by atoms with Gasteiger partial charge in [0.2, 0.25) is 0 Å². The molecule has 7 heteroatoms. The second kappa shape index (κ2) is 6.09. The molecule has 1 atom stereocenters. The number of carboxylic acid groups (broad SMARTS) is 1. The third-order valence-electron chi connectivity index (χ3n) is 2.70. The Morgan fingerprint density at radius 2 is 1.76 bits per heavy atom. The van der Waals surface area contributed by atoms with E-state index in [0.29, 0.717) is 6.07 Å². The highest BCUT2D eigenvalue weighted by Crippen LogP contribution is 2.18. The average molecular weight is 314 g/mol. The van der Waals surface area contributed by atoms with Crippen molar-refractivity contribution in [2.75, 3.05) is 0 Å². The third kappa shape index (κ3) is 3.49. The zero-order chi connectivity index (χ0) is 15.6. The van der Waals surface area contributed by atoms with Gasteiger partial charge in [-0.05, 0) is 29.8 Å². The quantitative estimate of drug-likeness (QED) is 0.943. The molecule has 0 saturated carbocycles. The number of benzene rings is 2. The molecule has 0 bridgehead atoms. The van der Waals surface area contributed by atoms with Crippen molar-refractivity contribution >= 4 is 16.8 Å². The summed E-state index contributed by atoms with van der Waals surface area (Å²) in [5.74, 6) is -4.32. The highest BCUT2D eigenvalue weighted by atomic mass is 32.2. The predicted molar refractivity (Wildman–Crippen MR) is 69.8 cm³/mol. The fourth-order valence-corrected chi connectivity index (χ4v) is 2.84. The van der Waals surface area contributed by atoms with Crippen molar-refractivity contribution in [3.05, 3.63) is 65.0 Å². The highest BCUT2D eigenvalue weighted by Gasteiger charge is 2.14. The Labute approximate surface area is 120 Å². The van der Waals surface area contributed by atoms with E-state index in [1.165, 1.54) is 6.07 Å². The van der Waals surface area contributed by atoms with Crippen LogP contribution in [-0.4, -0.2) is 15.3 Å². The maximum Gasteiger partial charge on any atom is 0.338 e. The van der Waals surface area contributed by atoms with E-state index in [0.717, 1.165) is 24.3 Å². The Kier molecular flexibility index (Phi) is 4.42. The van der Waals surface area contributed by atoms with E-state index >= 15 is 0 Å². The summed E-state index contributed by atoms with van der Waals surface area (Å²) in [5, 5.41) is 8.69. The van der Waals surface area contributed by atoms with Gasteiger partial charge in [0.05, 0.1) is 27.0 Å². The minimum atomic E-state index is -1.84. The molecular weight excluding hydrogens is 305 g/mol. The number of aromatic carboxylic acids is 1. The van der Waals surface area contributed by atoms with Gasteiger partial charge in [-0.2, -0.15) is 0 Å². The van der Waals surface area contributed by atoms with Gasteiger partial charge in [0.25, 0.3) is 0 Å². The number of rotatable bonds is 4. The van der Waals surface area contributed by atoms with Crippen molar-refractivity contribution < 1.29 is 27.3 Å². The first-order valence-corrected chi connectivity index (χ1v) is 7.05. The molecule has 0 amide bonds. The van der Waals surface area contributed by atoms with Gasteiger partial charge in [-0.1, -0.05) is 6.07 Å². The highest BCUT2D eigenvalue weighted by molar-refractivity contribution is 7.84. The minimum Gasteiger partial charge on any atom is -0.478 e. The largest absolute Gasteiger partial charge is 0.478 e. The van der Waals surface area contributed by atoms with Gasteiger partial charge in [0.1, 0.15) is 17.5 Å². The van der Waals surface area contributed by atoms with Crippen LogP contribution in [0.4, 0.5) is 13.2 Å². The van der Waals surface area contributed by atoms with Crippen LogP contribution in [0.5, 0.6) is 0 Å². The molecule has 0 radical (unpaired) electrons. The van der Waals surface area contributed by atoms with Crippen LogP contribution < -0.4 is 0 Å². The fourth-order valence-electron chi connectivity index (χ4n) is 1.71. The van der Waals surface area contributed by atoms with Crippen molar-refractivity contribution in [1.82, 2.24) is 0 Å². The molecule has 0 heterocycles. The second-order valence-electron chi connectivity index (χ2n) is 4.18. The molecular formula is C14H9F3O3S. The summed E-state index contributed by atoms with van der Waals surface area (Å²) >= 11 is 0. The van der Waals surface area contributed by atoms with Gasteiger partial charge >= 0.3 is 5.97 Å². The first-order valence-electron chi connectivity index (χ1n) is 5.73. The van der Waals surface area contributed by atoms with E-state index in [2.05, 4.69) is 0 Å². The number of hydrogen-bond donors (Lipinski definition) is 1. The molecule has 3 nitrogen and oxygen atoms in total. The summed E-state index contributed by atoms with van der Waals surface area (Å²) in [6.45, 7) is 0. The Balaban J connectivity index is 2.23. The van der Waals surface area contributed by atoms with Gasteiger partial charge in [-0.25, -0.2) is 18.0 Å². The van der Waals surface area contributed by atoms with Crippen molar-refractivity contribution in [1.29, 1.82) is 0 Å². The molecule has 0 aliphatic rings. The Hall–Kier alpha value is -2.15. The molecule has 2 aromatic carbocycles. The summed E-state index contributed by atoms with van der Waals surface area (Å²) < 4.78 is 51.7. The van der Waals surface area contributed by atoms with Gasteiger partial charge in [-0.3, -0.25) is 4.21 Å². The summed E-state index contributed by atoms with van der Waals surface area (Å²) in [7, 11) is -1.84. The van der Waals surface area contributed by atoms with E-state index in [1.807, 2.05) is 0 Å². The molecule has 0 fully saturated rings. The van der Waals surface area contributed by atoms with Crippen LogP contribution in [-0.2, 0) is 16.6 Å². The van der Waals surface area contributed by atoms with Crippen LogP contribution in [0, 0.1) is 17.5 Å². The van der Waals surface area contributed by atoms with Crippen LogP contribution >= 0.6 is 0 Å². The zero-order valence-corrected chi connectivity index (χ0v) is 11.3. The zero-order valence-electron chi connectivity index (χ0n) is 10.5. The molecule has 1 N–H and O–H groups in total. The minimum absolute atomic E-state index is 0.195. The maximum atomic E-state index is 13.5. The summed E-state index contributed by atoms with van der Waals surface area (Å²) in [6.07, 6.45) is 0. The number of carbonyl (C=O) groups is 1. The number of halogens is 3. The summed E-state index contributed by atoms with van der Waals surface area (Å²) in [4.78, 5) is 10.5. The van der Waals surface area contributed by atoms with E-state index < -0.39 is 39.8 Å². The van der Waals surface area contributed by atoms with Crippen LogP contribution in [0.25, 0.3) is 0 Å². The molecule has 0 aliphatic carbocycles. The lowest BCUT2D eigenvalue weighted by Crippen LogP contribution is -2.04. The summed E-state index contributed by atoms with van der Waals surface area (Å²) in [5.41, 5.74) is -0.253. The van der Waals surface area contributed by atoms with Crippen LogP contribution in [0.3, 0.4) is 0 Å². The van der Waals surface area contributed by atoms with E-state index in [4.69, 9.17) is 5.11 Å². The topological polar surface area (TPSA) is 54.4 Å². The van der Waals surface area contributed by atoms with E-state index in [9.17, 15) is 22.2 Å². The Morgan fingerprint density at radius 1 is 1.05 bits per heavy atom. The smallest absolute Gasteiger partial charge is 0.338 e. The van der Waals surface area contributed by atoms with Crippen molar-refractivity contribution in [3.63, 3.8) is 0 Å². The Morgan fingerprint density at radius 3 is 2.33 bits per heavy atom. The molecule has 0 aliphatic heterocycles. The molecule has 0 saturated heterocycles.